The van der Waals surface area contributed by atoms with Crippen LogP contribution < -0.4 is 10.6 Å². The molecular weight excluding hydrogens is 474 g/mol. The molecule has 1 atom stereocenters. The Labute approximate surface area is 212 Å². The molecule has 0 aliphatic heterocycles. The highest BCUT2D eigenvalue weighted by Gasteiger charge is 2.23. The maximum atomic E-state index is 13.3. The van der Waals surface area contributed by atoms with Gasteiger partial charge in [0.2, 0.25) is 5.91 Å². The van der Waals surface area contributed by atoms with E-state index in [1.54, 1.807) is 12.1 Å². The van der Waals surface area contributed by atoms with E-state index in [-0.39, 0.29) is 17.5 Å². The molecule has 36 heavy (non-hydrogen) atoms. The number of thioether (sulfide) groups is 1. The molecule has 0 radical (unpaired) electrons. The highest BCUT2D eigenvalue weighted by atomic mass is 32.2. The number of carbonyl (C=O) groups excluding carboxylic acids is 2. The third-order valence-corrected chi connectivity index (χ3v) is 6.67. The molecular formula is C28H23N3O4S. The van der Waals surface area contributed by atoms with Crippen LogP contribution in [0.15, 0.2) is 108 Å². The van der Waals surface area contributed by atoms with Gasteiger partial charge in [-0.05, 0) is 54.4 Å². The Bertz CT molecular complexity index is 1390. The molecule has 2 amide bonds. The molecule has 0 spiro atoms. The summed E-state index contributed by atoms with van der Waals surface area (Å²) in [6.45, 7) is 1.88. The van der Waals surface area contributed by atoms with Gasteiger partial charge < -0.3 is 10.6 Å². The highest BCUT2D eigenvalue weighted by molar-refractivity contribution is 8.00. The molecule has 4 aromatic carbocycles. The fraction of sp³-hybridized carbons (Fsp3) is 0.0714. The second-order valence-electron chi connectivity index (χ2n) is 8.00. The standard InChI is InChI=1S/C28H23N3O4S/c1-19-8-5-6-13-25(19)27(32)30-22-11-7-12-24(18-22)36-26(20-9-3-2-4-10-20)28(33)29-21-14-16-23(17-15-21)31(34)35/h2-18,26H,1H3,(H,29,33)(H,30,32). The first-order chi connectivity index (χ1) is 17.4. The van der Waals surface area contributed by atoms with E-state index in [4.69, 9.17) is 0 Å². The van der Waals surface area contributed by atoms with E-state index in [0.717, 1.165) is 16.0 Å². The van der Waals surface area contributed by atoms with E-state index in [1.165, 1.54) is 36.0 Å². The van der Waals surface area contributed by atoms with Gasteiger partial charge in [-0.25, -0.2) is 0 Å². The van der Waals surface area contributed by atoms with Crippen LogP contribution in [-0.2, 0) is 4.79 Å². The zero-order valence-corrected chi connectivity index (χ0v) is 20.2. The average Bonchev–Trinajstić information content (AvgIpc) is 2.88. The van der Waals surface area contributed by atoms with Gasteiger partial charge in [0, 0.05) is 34.0 Å². The van der Waals surface area contributed by atoms with Crippen molar-refractivity contribution in [2.45, 2.75) is 17.1 Å². The van der Waals surface area contributed by atoms with E-state index in [1.807, 2.05) is 73.7 Å². The van der Waals surface area contributed by atoms with Crippen molar-refractivity contribution in [3.63, 3.8) is 0 Å². The Hall–Kier alpha value is -4.43. The van der Waals surface area contributed by atoms with Gasteiger partial charge >= 0.3 is 0 Å². The van der Waals surface area contributed by atoms with Crippen molar-refractivity contribution in [3.8, 4) is 0 Å². The number of nitrogens with zero attached hydrogens (tertiary/aromatic N) is 1. The maximum absolute atomic E-state index is 13.3. The number of anilines is 2. The topological polar surface area (TPSA) is 101 Å². The van der Waals surface area contributed by atoms with Crippen molar-refractivity contribution in [2.24, 2.45) is 0 Å². The summed E-state index contributed by atoms with van der Waals surface area (Å²) in [5, 5.41) is 16.1. The Morgan fingerprint density at radius 1 is 0.806 bits per heavy atom. The number of nitrogens with one attached hydrogen (secondary N) is 2. The lowest BCUT2D eigenvalue weighted by Gasteiger charge is -2.18. The zero-order chi connectivity index (χ0) is 25.5. The molecule has 0 aliphatic carbocycles. The third-order valence-electron chi connectivity index (χ3n) is 5.42. The van der Waals surface area contributed by atoms with Crippen molar-refractivity contribution < 1.29 is 14.5 Å². The van der Waals surface area contributed by atoms with E-state index >= 15 is 0 Å². The molecule has 0 aliphatic rings. The number of aryl methyl sites for hydroxylation is 1. The molecule has 0 saturated carbocycles. The molecule has 1 unspecified atom stereocenters. The molecule has 4 aromatic rings. The summed E-state index contributed by atoms with van der Waals surface area (Å²) in [6.07, 6.45) is 0. The lowest BCUT2D eigenvalue weighted by molar-refractivity contribution is -0.384. The second kappa shape index (κ2) is 11.3. The first-order valence-electron chi connectivity index (χ1n) is 11.1. The number of benzene rings is 4. The maximum Gasteiger partial charge on any atom is 0.269 e. The van der Waals surface area contributed by atoms with Crippen LogP contribution in [0.2, 0.25) is 0 Å². The van der Waals surface area contributed by atoms with E-state index in [9.17, 15) is 19.7 Å². The van der Waals surface area contributed by atoms with Crippen molar-refractivity contribution in [2.75, 3.05) is 10.6 Å². The van der Waals surface area contributed by atoms with Gasteiger partial charge in [0.1, 0.15) is 5.25 Å². The summed E-state index contributed by atoms with van der Waals surface area (Å²) in [4.78, 5) is 37.2. The lowest BCUT2D eigenvalue weighted by atomic mass is 10.1. The molecule has 7 nitrogen and oxygen atoms in total. The first-order valence-corrected chi connectivity index (χ1v) is 12.0. The Kier molecular flexibility index (Phi) is 7.77. The molecule has 0 heterocycles. The van der Waals surface area contributed by atoms with Gasteiger partial charge in [-0.15, -0.1) is 11.8 Å². The van der Waals surface area contributed by atoms with Crippen LogP contribution in [0.5, 0.6) is 0 Å². The van der Waals surface area contributed by atoms with Crippen molar-refractivity contribution in [1.82, 2.24) is 0 Å². The summed E-state index contributed by atoms with van der Waals surface area (Å²) in [7, 11) is 0. The van der Waals surface area contributed by atoms with Gasteiger partial charge in [-0.1, -0.05) is 54.6 Å². The van der Waals surface area contributed by atoms with Crippen molar-refractivity contribution >= 4 is 40.6 Å². The molecule has 2 N–H and O–H groups in total. The molecule has 0 aromatic heterocycles. The van der Waals surface area contributed by atoms with Crippen LogP contribution in [0.4, 0.5) is 17.1 Å². The summed E-state index contributed by atoms with van der Waals surface area (Å²) < 4.78 is 0. The summed E-state index contributed by atoms with van der Waals surface area (Å²) in [5.74, 6) is -0.472. The van der Waals surface area contributed by atoms with Crippen LogP contribution in [-0.4, -0.2) is 16.7 Å². The molecule has 0 saturated heterocycles. The first kappa shape index (κ1) is 24.7. The molecule has 0 fully saturated rings. The van der Waals surface area contributed by atoms with E-state index < -0.39 is 10.2 Å². The molecule has 4 rings (SSSR count). The number of carbonyl (C=O) groups is 2. The monoisotopic (exact) mass is 497 g/mol. The summed E-state index contributed by atoms with van der Waals surface area (Å²) >= 11 is 1.35. The Morgan fingerprint density at radius 2 is 1.50 bits per heavy atom. The van der Waals surface area contributed by atoms with Gasteiger partial charge in [-0.2, -0.15) is 0 Å². The number of hydrogen-bond donors (Lipinski definition) is 2. The number of non-ortho nitro benzene ring substituents is 1. The SMILES string of the molecule is Cc1ccccc1C(=O)Nc1cccc(SC(C(=O)Nc2ccc([N+](=O)[O-])cc2)c2ccccc2)c1. The van der Waals surface area contributed by atoms with Gasteiger partial charge in [0.25, 0.3) is 11.6 Å². The largest absolute Gasteiger partial charge is 0.325 e. The van der Waals surface area contributed by atoms with Gasteiger partial charge in [-0.3, -0.25) is 19.7 Å². The molecule has 8 heteroatoms. The fourth-order valence-electron chi connectivity index (χ4n) is 3.58. The zero-order valence-electron chi connectivity index (χ0n) is 19.4. The minimum absolute atomic E-state index is 0.0495. The van der Waals surface area contributed by atoms with Crippen molar-refractivity contribution in [1.29, 1.82) is 0 Å². The summed E-state index contributed by atoms with van der Waals surface area (Å²) in [6, 6.07) is 29.7. The number of rotatable bonds is 8. The van der Waals surface area contributed by atoms with Crippen LogP contribution >= 0.6 is 11.8 Å². The van der Waals surface area contributed by atoms with Crippen LogP contribution in [0, 0.1) is 17.0 Å². The minimum Gasteiger partial charge on any atom is -0.325 e. The second-order valence-corrected chi connectivity index (χ2v) is 9.18. The van der Waals surface area contributed by atoms with Crippen LogP contribution in [0.25, 0.3) is 0 Å². The smallest absolute Gasteiger partial charge is 0.269 e. The Balaban J connectivity index is 1.54. The van der Waals surface area contributed by atoms with Crippen molar-refractivity contribution in [3.05, 3.63) is 130 Å². The average molecular weight is 498 g/mol. The number of nitro groups is 1. The van der Waals surface area contributed by atoms with E-state index in [2.05, 4.69) is 10.6 Å². The van der Waals surface area contributed by atoms with E-state index in [0.29, 0.717) is 16.9 Å². The molecule has 0 bridgehead atoms. The highest BCUT2D eigenvalue weighted by Crippen LogP contribution is 2.37. The normalized spacial score (nSPS) is 11.4. The van der Waals surface area contributed by atoms with Gasteiger partial charge in [0.05, 0.1) is 4.92 Å². The number of hydrogen-bond acceptors (Lipinski definition) is 5. The fourth-order valence-corrected chi connectivity index (χ4v) is 4.67. The summed E-state index contributed by atoms with van der Waals surface area (Å²) in [5.41, 5.74) is 3.32. The predicted molar refractivity (Wildman–Crippen MR) is 142 cm³/mol. The number of nitro benzene ring substituents is 1. The van der Waals surface area contributed by atoms with Crippen LogP contribution in [0.3, 0.4) is 0 Å². The third kappa shape index (κ3) is 6.17. The number of amides is 2. The quantitative estimate of drug-likeness (QED) is 0.162. The predicted octanol–water partition coefficient (Wildman–Crippen LogP) is 6.63. The minimum atomic E-state index is -0.594. The Morgan fingerprint density at radius 3 is 2.19 bits per heavy atom. The van der Waals surface area contributed by atoms with Gasteiger partial charge in [0.15, 0.2) is 0 Å². The van der Waals surface area contributed by atoms with Crippen LogP contribution in [0.1, 0.15) is 26.7 Å². The molecule has 180 valence electrons. The lowest BCUT2D eigenvalue weighted by Crippen LogP contribution is -2.19.